The normalized spacial score (nSPS) is 13.0. The number of rotatable bonds is 11. The van der Waals surface area contributed by atoms with Crippen molar-refractivity contribution in [1.82, 2.24) is 0 Å². The topological polar surface area (TPSA) is 54.0 Å². The van der Waals surface area contributed by atoms with Crippen molar-refractivity contribution in [2.75, 3.05) is 19.8 Å². The molecule has 0 aromatic rings. The molecular weight excluding hydrogens is 670 g/mol. The zero-order chi connectivity index (χ0) is 43.5. The molecule has 0 aliphatic rings. The SMILES string of the molecule is C=C(CCOC(C)(C)C)C(C)(C)C.CC(C)(C)CCC(=O)OC(C)(C)C.CC(C)(C)CCCOC(C)(C)C.CC(C)(C)OCCC(=C(F)F)C(C)(C)C. The summed E-state index contributed by atoms with van der Waals surface area (Å²) in [6, 6.07) is 0. The Morgan fingerprint density at radius 2 is 0.830 bits per heavy atom. The van der Waals surface area contributed by atoms with Crippen LogP contribution in [0.25, 0.3) is 0 Å². The number of hydrogen-bond donors (Lipinski definition) is 0. The summed E-state index contributed by atoms with van der Waals surface area (Å²) in [4.78, 5) is 11.3. The summed E-state index contributed by atoms with van der Waals surface area (Å²) in [6.45, 7) is 55.1. The molecule has 0 aliphatic carbocycles. The van der Waals surface area contributed by atoms with Gasteiger partial charge in [0.05, 0.1) is 30.0 Å². The van der Waals surface area contributed by atoms with Crippen LogP contribution in [0.15, 0.2) is 23.8 Å². The van der Waals surface area contributed by atoms with Crippen molar-refractivity contribution in [2.45, 2.75) is 227 Å². The molecule has 0 bridgehead atoms. The van der Waals surface area contributed by atoms with Crippen LogP contribution in [0.5, 0.6) is 0 Å². The molecule has 0 unspecified atom stereocenters. The Balaban J connectivity index is -0.000000303. The maximum atomic E-state index is 12.6. The molecule has 0 amide bonds. The number of carbonyl (C=O) groups excluding carboxylic acids is 1. The minimum absolute atomic E-state index is 0.0257. The highest BCUT2D eigenvalue weighted by Gasteiger charge is 2.23. The molecule has 0 saturated heterocycles. The summed E-state index contributed by atoms with van der Waals surface area (Å²) >= 11 is 0. The van der Waals surface area contributed by atoms with E-state index in [1.54, 1.807) is 20.8 Å². The van der Waals surface area contributed by atoms with Crippen LogP contribution in [0.3, 0.4) is 0 Å². The van der Waals surface area contributed by atoms with E-state index in [0.717, 1.165) is 26.1 Å². The van der Waals surface area contributed by atoms with E-state index in [1.165, 1.54) is 18.4 Å². The van der Waals surface area contributed by atoms with Gasteiger partial charge in [0.25, 0.3) is 6.08 Å². The standard InChI is InChI=1S/C12H22F2O.C12H24O.C11H22O2.C11H24O/c1-11(2,3)9(10(13)14)7-8-15-12(4,5)6;1-10(11(2,3)4)8-9-13-12(5,6)7;1-10(2,3)8-7-9(12)13-11(4,5)6;1-10(2,3)8-7-9-12-11(4,5)6/h7-8H2,1-6H3;1,8-9H2,2-7H3;7-8H2,1-6H3;7-9H2,1-6H3. The Kier molecular flexibility index (Phi) is 26.8. The fraction of sp³-hybridized carbons (Fsp3) is 0.891. The van der Waals surface area contributed by atoms with Gasteiger partial charge < -0.3 is 18.9 Å². The van der Waals surface area contributed by atoms with Crippen LogP contribution in [0.1, 0.15) is 205 Å². The molecule has 0 aromatic heterocycles. The Labute approximate surface area is 330 Å². The number of carbonyl (C=O) groups is 1. The van der Waals surface area contributed by atoms with Crippen LogP contribution in [-0.2, 0) is 23.7 Å². The quantitative estimate of drug-likeness (QED) is 0.119. The molecule has 0 rings (SSSR count). The first-order valence-electron chi connectivity index (χ1n) is 19.8. The van der Waals surface area contributed by atoms with Crippen LogP contribution < -0.4 is 0 Å². The van der Waals surface area contributed by atoms with E-state index in [9.17, 15) is 13.6 Å². The van der Waals surface area contributed by atoms with E-state index < -0.39 is 11.5 Å². The third kappa shape index (κ3) is 50.7. The number of esters is 1. The Bertz CT molecular complexity index is 998. The minimum atomic E-state index is -1.57. The van der Waals surface area contributed by atoms with Gasteiger partial charge in [0.1, 0.15) is 5.60 Å². The maximum Gasteiger partial charge on any atom is 0.306 e. The van der Waals surface area contributed by atoms with Crippen molar-refractivity contribution in [3.63, 3.8) is 0 Å². The molecule has 7 heteroatoms. The van der Waals surface area contributed by atoms with E-state index >= 15 is 0 Å². The van der Waals surface area contributed by atoms with Crippen molar-refractivity contribution in [3.8, 4) is 0 Å². The van der Waals surface area contributed by atoms with Crippen LogP contribution in [0, 0.1) is 21.7 Å². The highest BCUT2D eigenvalue weighted by atomic mass is 19.3. The molecule has 0 N–H and O–H groups in total. The van der Waals surface area contributed by atoms with E-state index in [-0.39, 0.29) is 44.8 Å². The zero-order valence-electron chi connectivity index (χ0n) is 39.9. The van der Waals surface area contributed by atoms with Crippen LogP contribution in [0.4, 0.5) is 8.78 Å². The second-order valence-electron chi connectivity index (χ2n) is 22.5. The average Bonchev–Trinajstić information content (AvgIpc) is 2.84. The van der Waals surface area contributed by atoms with Crippen molar-refractivity contribution in [2.24, 2.45) is 21.7 Å². The molecule has 320 valence electrons. The fourth-order valence-corrected chi connectivity index (χ4v) is 3.92. The zero-order valence-corrected chi connectivity index (χ0v) is 39.9. The monoisotopic (exact) mass is 763 g/mol. The first-order chi connectivity index (χ1) is 23.0. The highest BCUT2D eigenvalue weighted by molar-refractivity contribution is 5.69. The van der Waals surface area contributed by atoms with Crippen LogP contribution >= 0.6 is 0 Å². The third-order valence-electron chi connectivity index (χ3n) is 7.13. The summed E-state index contributed by atoms with van der Waals surface area (Å²) in [5, 5.41) is 0. The van der Waals surface area contributed by atoms with Gasteiger partial charge in [-0.15, -0.1) is 0 Å². The molecular formula is C46H92F2O5. The maximum absolute atomic E-state index is 12.6. The third-order valence-corrected chi connectivity index (χ3v) is 7.13. The van der Waals surface area contributed by atoms with Gasteiger partial charge in [0, 0.05) is 18.6 Å². The lowest BCUT2D eigenvalue weighted by molar-refractivity contribution is -0.155. The first kappa shape index (κ1) is 58.4. The highest BCUT2D eigenvalue weighted by Crippen LogP contribution is 2.32. The van der Waals surface area contributed by atoms with Crippen molar-refractivity contribution in [1.29, 1.82) is 0 Å². The second-order valence-corrected chi connectivity index (χ2v) is 22.5. The molecule has 0 aliphatic heterocycles. The van der Waals surface area contributed by atoms with Gasteiger partial charge in [0.15, 0.2) is 0 Å². The lowest BCUT2D eigenvalue weighted by atomic mass is 9.85. The van der Waals surface area contributed by atoms with Gasteiger partial charge in [-0.3, -0.25) is 4.79 Å². The largest absolute Gasteiger partial charge is 0.460 e. The smallest absolute Gasteiger partial charge is 0.306 e. The lowest BCUT2D eigenvalue weighted by Crippen LogP contribution is -2.24. The molecule has 0 heterocycles. The Morgan fingerprint density at radius 1 is 0.472 bits per heavy atom. The summed E-state index contributed by atoms with van der Waals surface area (Å²) < 4.78 is 47.2. The van der Waals surface area contributed by atoms with Crippen molar-refractivity contribution >= 4 is 5.97 Å². The lowest BCUT2D eigenvalue weighted by Gasteiger charge is -2.24. The fourth-order valence-electron chi connectivity index (χ4n) is 3.92. The Morgan fingerprint density at radius 3 is 1.11 bits per heavy atom. The van der Waals surface area contributed by atoms with Crippen LogP contribution in [-0.4, -0.2) is 48.2 Å². The molecule has 53 heavy (non-hydrogen) atoms. The molecule has 0 fully saturated rings. The van der Waals surface area contributed by atoms with Crippen LogP contribution in [0.2, 0.25) is 0 Å². The molecule has 0 saturated carbocycles. The molecule has 0 atom stereocenters. The second kappa shape index (κ2) is 24.4. The molecule has 0 spiro atoms. The Hall–Kier alpha value is -1.31. The first-order valence-corrected chi connectivity index (χ1v) is 19.8. The van der Waals surface area contributed by atoms with Crippen molar-refractivity contribution in [3.05, 3.63) is 23.8 Å². The number of ether oxygens (including phenoxy) is 4. The van der Waals surface area contributed by atoms with Gasteiger partial charge >= 0.3 is 5.97 Å². The summed E-state index contributed by atoms with van der Waals surface area (Å²) in [5.41, 5.74) is 1.20. The van der Waals surface area contributed by atoms with E-state index in [2.05, 4.69) is 110 Å². The average molecular weight is 763 g/mol. The van der Waals surface area contributed by atoms with Gasteiger partial charge in [-0.2, -0.15) is 8.78 Å². The molecule has 0 aromatic carbocycles. The van der Waals surface area contributed by atoms with Gasteiger partial charge in [-0.1, -0.05) is 95.2 Å². The summed E-state index contributed by atoms with van der Waals surface area (Å²) in [6.07, 6.45) is 3.48. The van der Waals surface area contributed by atoms with E-state index in [4.69, 9.17) is 18.9 Å². The van der Waals surface area contributed by atoms with Crippen molar-refractivity contribution < 1.29 is 32.5 Å². The van der Waals surface area contributed by atoms with Gasteiger partial charge in [-0.05, 0) is 137 Å². The number of hydrogen-bond acceptors (Lipinski definition) is 5. The predicted molar refractivity (Wildman–Crippen MR) is 227 cm³/mol. The summed E-state index contributed by atoms with van der Waals surface area (Å²) in [5.74, 6) is -0.0950. The molecule has 0 radical (unpaired) electrons. The molecule has 5 nitrogen and oxygen atoms in total. The van der Waals surface area contributed by atoms with E-state index in [0.29, 0.717) is 24.9 Å². The van der Waals surface area contributed by atoms with Gasteiger partial charge in [0.2, 0.25) is 0 Å². The van der Waals surface area contributed by atoms with Gasteiger partial charge in [-0.25, -0.2) is 0 Å². The van der Waals surface area contributed by atoms with E-state index in [1.807, 2.05) is 41.5 Å². The number of halogens is 2. The minimum Gasteiger partial charge on any atom is -0.460 e. The summed E-state index contributed by atoms with van der Waals surface area (Å²) in [7, 11) is 0. The predicted octanol–water partition coefficient (Wildman–Crippen LogP) is 15.0.